The average Bonchev–Trinajstić information content (AvgIpc) is 3.18. The Bertz CT molecular complexity index is 937. The smallest absolute Gasteiger partial charge is 0.249 e. The number of benzene rings is 1. The van der Waals surface area contributed by atoms with Crippen molar-refractivity contribution in [3.05, 3.63) is 35.7 Å². The average molecular weight is 326 g/mol. The molecule has 9 heteroatoms. The highest BCUT2D eigenvalue weighted by atomic mass is 32.1. The van der Waals surface area contributed by atoms with Gasteiger partial charge in [0.25, 0.3) is 0 Å². The number of H-pyrrole nitrogens is 1. The summed E-state index contributed by atoms with van der Waals surface area (Å²) >= 11 is 5.59. The number of fused-ring (bicyclic) bond motifs is 2. The normalized spacial score (nSPS) is 14.3. The minimum absolute atomic E-state index is 0.554. The van der Waals surface area contributed by atoms with E-state index < -0.39 is 0 Å². The van der Waals surface area contributed by atoms with E-state index in [1.165, 1.54) is 0 Å². The molecule has 2 N–H and O–H groups in total. The summed E-state index contributed by atoms with van der Waals surface area (Å²) in [5.74, 6) is 0.717. The van der Waals surface area contributed by atoms with Crippen molar-refractivity contribution in [2.45, 2.75) is 13.5 Å². The number of anilines is 2. The Morgan fingerprint density at radius 2 is 2.26 bits per heavy atom. The van der Waals surface area contributed by atoms with Crippen molar-refractivity contribution in [1.29, 1.82) is 0 Å². The zero-order valence-electron chi connectivity index (χ0n) is 12.6. The summed E-state index contributed by atoms with van der Waals surface area (Å²) < 4.78 is 1.73. The zero-order chi connectivity index (χ0) is 16.0. The van der Waals surface area contributed by atoms with Crippen LogP contribution in [0.4, 0.5) is 11.6 Å². The molecule has 116 valence electrons. The van der Waals surface area contributed by atoms with Crippen LogP contribution in [0.2, 0.25) is 0 Å². The molecule has 0 aliphatic carbocycles. The molecule has 1 aliphatic heterocycles. The largest absolute Gasteiger partial charge is 0.346 e. The molecule has 23 heavy (non-hydrogen) atoms. The van der Waals surface area contributed by atoms with Gasteiger partial charge >= 0.3 is 0 Å². The van der Waals surface area contributed by atoms with Gasteiger partial charge in [0.2, 0.25) is 5.95 Å². The number of hydrogen-bond donors (Lipinski definition) is 2. The third kappa shape index (κ3) is 2.25. The van der Waals surface area contributed by atoms with E-state index in [1.54, 1.807) is 10.9 Å². The quantitative estimate of drug-likeness (QED) is 0.693. The van der Waals surface area contributed by atoms with Crippen LogP contribution < -0.4 is 10.2 Å². The first-order chi connectivity index (χ1) is 11.1. The number of rotatable bonds is 2. The van der Waals surface area contributed by atoms with E-state index in [2.05, 4.69) is 31.0 Å². The fourth-order valence-corrected chi connectivity index (χ4v) is 2.95. The van der Waals surface area contributed by atoms with Gasteiger partial charge in [-0.25, -0.2) is 4.68 Å². The number of aromatic nitrogens is 6. The van der Waals surface area contributed by atoms with Gasteiger partial charge in [-0.2, -0.15) is 5.10 Å². The van der Waals surface area contributed by atoms with Crippen LogP contribution in [-0.4, -0.2) is 42.4 Å². The first-order valence-corrected chi connectivity index (χ1v) is 7.48. The Morgan fingerprint density at radius 3 is 3.13 bits per heavy atom. The molecule has 0 radical (unpaired) electrons. The number of thiocarbonyl (C=S) groups is 1. The summed E-state index contributed by atoms with van der Waals surface area (Å²) in [6.07, 6.45) is 1.79. The van der Waals surface area contributed by atoms with Crippen LogP contribution in [-0.2, 0) is 6.54 Å². The molecular formula is C14H14N8S. The molecule has 0 amide bonds. The molecule has 0 unspecified atom stereocenters. The summed E-state index contributed by atoms with van der Waals surface area (Å²) in [6, 6.07) is 5.95. The standard InChI is InChI=1S/C14H14N8S/c1-8-11(7-22-14(21(8)2)18-19-20-22)13(23)16-10-3-4-12-9(5-10)6-15-17-12/h3-6H,7H2,1-2H3,(H,15,17)(H,16,23). The Labute approximate surface area is 137 Å². The molecular weight excluding hydrogens is 312 g/mol. The van der Waals surface area contributed by atoms with Crippen molar-refractivity contribution in [3.8, 4) is 0 Å². The van der Waals surface area contributed by atoms with Crippen molar-refractivity contribution < 1.29 is 0 Å². The second kappa shape index (κ2) is 5.13. The number of nitrogens with one attached hydrogen (secondary N) is 2. The number of hydrogen-bond acceptors (Lipinski definition) is 6. The van der Waals surface area contributed by atoms with Gasteiger partial charge in [-0.15, -0.1) is 0 Å². The highest BCUT2D eigenvalue weighted by molar-refractivity contribution is 7.81. The molecule has 0 spiro atoms. The molecule has 3 heterocycles. The van der Waals surface area contributed by atoms with Crippen LogP contribution in [0.1, 0.15) is 6.92 Å². The van der Waals surface area contributed by atoms with Gasteiger partial charge < -0.3 is 10.2 Å². The van der Waals surface area contributed by atoms with Crippen molar-refractivity contribution >= 4 is 39.7 Å². The summed E-state index contributed by atoms with van der Waals surface area (Å²) in [6.45, 7) is 2.57. The lowest BCUT2D eigenvalue weighted by molar-refractivity contribution is 0.628. The molecule has 8 nitrogen and oxygen atoms in total. The van der Waals surface area contributed by atoms with Gasteiger partial charge in [-0.3, -0.25) is 5.10 Å². The SMILES string of the molecule is CC1=C(C(=S)Nc2ccc3[nH]ncc3c2)Cn2nnnc2N1C. The van der Waals surface area contributed by atoms with Crippen LogP contribution >= 0.6 is 12.2 Å². The molecule has 1 aromatic carbocycles. The van der Waals surface area contributed by atoms with Gasteiger partial charge in [0.1, 0.15) is 4.99 Å². The van der Waals surface area contributed by atoms with Crippen LogP contribution in [0.15, 0.2) is 35.7 Å². The van der Waals surface area contributed by atoms with E-state index >= 15 is 0 Å². The second-order valence-electron chi connectivity index (χ2n) is 5.39. The molecule has 3 aromatic rings. The van der Waals surface area contributed by atoms with E-state index in [-0.39, 0.29) is 0 Å². The van der Waals surface area contributed by atoms with Gasteiger partial charge in [0.15, 0.2) is 0 Å². The first kappa shape index (κ1) is 13.8. The maximum Gasteiger partial charge on any atom is 0.249 e. The Hall–Kier alpha value is -2.81. The third-order valence-corrected chi connectivity index (χ3v) is 4.38. The Balaban J connectivity index is 1.62. The van der Waals surface area contributed by atoms with Gasteiger partial charge in [0.05, 0.1) is 18.3 Å². The predicted molar refractivity (Wildman–Crippen MR) is 91.2 cm³/mol. The van der Waals surface area contributed by atoms with Crippen LogP contribution in [0.3, 0.4) is 0 Å². The second-order valence-corrected chi connectivity index (χ2v) is 5.79. The molecule has 4 rings (SSSR count). The molecule has 2 aromatic heterocycles. The van der Waals surface area contributed by atoms with Crippen molar-refractivity contribution in [1.82, 2.24) is 30.4 Å². The third-order valence-electron chi connectivity index (χ3n) is 4.03. The fourth-order valence-electron chi connectivity index (χ4n) is 2.62. The number of aromatic amines is 1. The molecule has 0 saturated heterocycles. The number of nitrogens with zero attached hydrogens (tertiary/aromatic N) is 6. The summed E-state index contributed by atoms with van der Waals surface area (Å²) in [4.78, 5) is 2.60. The summed E-state index contributed by atoms with van der Waals surface area (Å²) in [7, 11) is 1.93. The van der Waals surface area contributed by atoms with Crippen molar-refractivity contribution in [2.24, 2.45) is 0 Å². The maximum absolute atomic E-state index is 5.59. The predicted octanol–water partition coefficient (Wildman–Crippen LogP) is 1.71. The van der Waals surface area contributed by atoms with E-state index in [0.717, 1.165) is 27.9 Å². The minimum Gasteiger partial charge on any atom is -0.346 e. The van der Waals surface area contributed by atoms with Crippen molar-refractivity contribution in [3.63, 3.8) is 0 Å². The monoisotopic (exact) mass is 326 g/mol. The van der Waals surface area contributed by atoms with Crippen LogP contribution in [0.5, 0.6) is 0 Å². The fraction of sp³-hybridized carbons (Fsp3) is 0.214. The van der Waals surface area contributed by atoms with Crippen LogP contribution in [0.25, 0.3) is 10.9 Å². The first-order valence-electron chi connectivity index (χ1n) is 7.07. The van der Waals surface area contributed by atoms with Crippen molar-refractivity contribution in [2.75, 3.05) is 17.3 Å². The lowest BCUT2D eigenvalue weighted by atomic mass is 10.1. The van der Waals surface area contributed by atoms with E-state index in [9.17, 15) is 0 Å². The summed E-state index contributed by atoms with van der Waals surface area (Å²) in [5, 5.41) is 23.0. The molecule has 0 atom stereocenters. The van der Waals surface area contributed by atoms with E-state index in [4.69, 9.17) is 12.2 Å². The Morgan fingerprint density at radius 1 is 1.39 bits per heavy atom. The van der Waals surface area contributed by atoms with E-state index in [0.29, 0.717) is 17.5 Å². The molecule has 1 aliphatic rings. The molecule has 0 bridgehead atoms. The molecule has 0 saturated carbocycles. The van der Waals surface area contributed by atoms with Gasteiger partial charge in [-0.05, 0) is 35.5 Å². The maximum atomic E-state index is 5.59. The Kier molecular flexibility index (Phi) is 3.08. The number of allylic oxidation sites excluding steroid dienone is 1. The number of tetrazole rings is 1. The lowest BCUT2D eigenvalue weighted by Gasteiger charge is -2.27. The van der Waals surface area contributed by atoms with Gasteiger partial charge in [0, 0.05) is 29.4 Å². The topological polar surface area (TPSA) is 87.5 Å². The lowest BCUT2D eigenvalue weighted by Crippen LogP contribution is -2.31. The highest BCUT2D eigenvalue weighted by Crippen LogP contribution is 2.25. The van der Waals surface area contributed by atoms with E-state index in [1.807, 2.05) is 37.1 Å². The van der Waals surface area contributed by atoms with Crippen LogP contribution in [0, 0.1) is 0 Å². The minimum atomic E-state index is 0.554. The highest BCUT2D eigenvalue weighted by Gasteiger charge is 2.24. The molecule has 0 fully saturated rings. The zero-order valence-corrected chi connectivity index (χ0v) is 13.4. The van der Waals surface area contributed by atoms with Gasteiger partial charge in [-0.1, -0.05) is 17.3 Å². The summed E-state index contributed by atoms with van der Waals surface area (Å²) in [5.41, 5.74) is 3.95.